The van der Waals surface area contributed by atoms with Crippen LogP contribution in [-0.2, 0) is 6.42 Å². The van der Waals surface area contributed by atoms with E-state index in [9.17, 15) is 17.6 Å². The van der Waals surface area contributed by atoms with Crippen LogP contribution < -0.4 is 4.74 Å². The lowest BCUT2D eigenvalue weighted by atomic mass is 9.95. The van der Waals surface area contributed by atoms with E-state index >= 15 is 4.39 Å². The molecule has 4 aromatic rings. The van der Waals surface area contributed by atoms with Gasteiger partial charge in [0.2, 0.25) is 0 Å². The molecule has 0 heterocycles. The average Bonchev–Trinajstić information content (AvgIpc) is 2.74. The number of ether oxygens (including phenoxy) is 1. The number of halogens is 5. The Morgan fingerprint density at radius 1 is 0.781 bits per heavy atom. The van der Waals surface area contributed by atoms with Crippen molar-refractivity contribution in [1.82, 2.24) is 0 Å². The van der Waals surface area contributed by atoms with E-state index in [0.29, 0.717) is 5.39 Å². The van der Waals surface area contributed by atoms with Crippen molar-refractivity contribution >= 4 is 10.8 Å². The Kier molecular flexibility index (Phi) is 6.12. The normalized spacial score (nSPS) is 11.3. The van der Waals surface area contributed by atoms with Crippen molar-refractivity contribution in [1.29, 1.82) is 0 Å². The van der Waals surface area contributed by atoms with Crippen LogP contribution in [0.3, 0.4) is 0 Å². The third-order valence-corrected chi connectivity index (χ3v) is 5.28. The van der Waals surface area contributed by atoms with Gasteiger partial charge in [0.05, 0.1) is 5.56 Å². The molecule has 4 aromatic carbocycles. The molecule has 0 unspecified atom stereocenters. The predicted molar refractivity (Wildman–Crippen MR) is 115 cm³/mol. The number of alkyl halides is 2. The van der Waals surface area contributed by atoms with E-state index in [-0.39, 0.29) is 28.0 Å². The molecular weight excluding hydrogens is 423 g/mol. The maximum absolute atomic E-state index is 15.2. The van der Waals surface area contributed by atoms with Gasteiger partial charge in [-0.2, -0.15) is 8.78 Å². The fraction of sp³-hybridized carbons (Fsp3) is 0.154. The standard InChI is InChI=1S/C26H19F5O/c1-2-3-15-4-10-20-17(12-15)7-11-21(25(20)29)18-13-22(27)24(23(28)14-18)16-5-8-19(9-6-16)32-26(30)31/h4-14,26H,2-3H2,1H3. The van der Waals surface area contributed by atoms with E-state index < -0.39 is 24.1 Å². The fourth-order valence-electron chi connectivity index (χ4n) is 3.82. The third kappa shape index (κ3) is 4.31. The molecule has 0 aliphatic heterocycles. The van der Waals surface area contributed by atoms with E-state index in [2.05, 4.69) is 11.7 Å². The third-order valence-electron chi connectivity index (χ3n) is 5.28. The van der Waals surface area contributed by atoms with Crippen LogP contribution in [0.4, 0.5) is 22.0 Å². The van der Waals surface area contributed by atoms with Gasteiger partial charge in [0.25, 0.3) is 0 Å². The summed E-state index contributed by atoms with van der Waals surface area (Å²) >= 11 is 0. The summed E-state index contributed by atoms with van der Waals surface area (Å²) in [5.41, 5.74) is 1.07. The summed E-state index contributed by atoms with van der Waals surface area (Å²) in [7, 11) is 0. The van der Waals surface area contributed by atoms with Crippen LogP contribution in [0.25, 0.3) is 33.0 Å². The van der Waals surface area contributed by atoms with Crippen molar-refractivity contribution in [3.05, 3.63) is 89.7 Å². The molecule has 0 spiro atoms. The molecule has 0 radical (unpaired) electrons. The number of rotatable bonds is 6. The van der Waals surface area contributed by atoms with Crippen LogP contribution in [-0.4, -0.2) is 6.61 Å². The van der Waals surface area contributed by atoms with Crippen LogP contribution in [0.15, 0.2) is 66.7 Å². The van der Waals surface area contributed by atoms with Crippen LogP contribution in [0.2, 0.25) is 0 Å². The minimum absolute atomic E-state index is 0.0680. The first-order chi connectivity index (χ1) is 15.4. The molecule has 0 aromatic heterocycles. The van der Waals surface area contributed by atoms with Crippen molar-refractivity contribution in [3.8, 4) is 28.0 Å². The highest BCUT2D eigenvalue weighted by atomic mass is 19.3. The molecule has 0 N–H and O–H groups in total. The number of hydrogen-bond donors (Lipinski definition) is 0. The molecule has 0 saturated heterocycles. The van der Waals surface area contributed by atoms with Gasteiger partial charge < -0.3 is 4.74 Å². The lowest BCUT2D eigenvalue weighted by Gasteiger charge is -2.12. The average molecular weight is 442 g/mol. The van der Waals surface area contributed by atoms with E-state index in [1.54, 1.807) is 12.1 Å². The zero-order chi connectivity index (χ0) is 22.8. The molecule has 0 bridgehead atoms. The first kappa shape index (κ1) is 21.8. The lowest BCUT2D eigenvalue weighted by Crippen LogP contribution is -2.01. The van der Waals surface area contributed by atoms with Crippen molar-refractivity contribution in [2.75, 3.05) is 0 Å². The molecular formula is C26H19F5O. The Morgan fingerprint density at radius 2 is 1.47 bits per heavy atom. The topological polar surface area (TPSA) is 9.23 Å². The summed E-state index contributed by atoms with van der Waals surface area (Å²) in [6, 6.07) is 15.8. The van der Waals surface area contributed by atoms with Crippen LogP contribution in [0.1, 0.15) is 18.9 Å². The van der Waals surface area contributed by atoms with Gasteiger partial charge in [-0.05, 0) is 52.8 Å². The van der Waals surface area contributed by atoms with Crippen LogP contribution >= 0.6 is 0 Å². The maximum atomic E-state index is 15.2. The Hall–Kier alpha value is -3.41. The predicted octanol–water partition coefficient (Wildman–Crippen LogP) is 8.15. The first-order valence-electron chi connectivity index (χ1n) is 10.1. The fourth-order valence-corrected chi connectivity index (χ4v) is 3.82. The minimum Gasteiger partial charge on any atom is -0.435 e. The van der Waals surface area contributed by atoms with Gasteiger partial charge in [-0.25, -0.2) is 13.2 Å². The molecule has 0 atom stereocenters. The highest BCUT2D eigenvalue weighted by molar-refractivity contribution is 5.89. The van der Waals surface area contributed by atoms with Crippen LogP contribution in [0.5, 0.6) is 5.75 Å². The first-order valence-corrected chi connectivity index (χ1v) is 10.1. The van der Waals surface area contributed by atoms with Gasteiger partial charge in [0.15, 0.2) is 0 Å². The summed E-state index contributed by atoms with van der Waals surface area (Å²) < 4.78 is 73.7. The van der Waals surface area contributed by atoms with Gasteiger partial charge in [-0.15, -0.1) is 0 Å². The molecule has 6 heteroatoms. The van der Waals surface area contributed by atoms with Gasteiger partial charge in [0.1, 0.15) is 23.2 Å². The monoisotopic (exact) mass is 442 g/mol. The Balaban J connectivity index is 1.72. The minimum atomic E-state index is -3.00. The molecule has 0 aliphatic rings. The van der Waals surface area contributed by atoms with E-state index in [1.165, 1.54) is 30.3 Å². The Bertz CT molecular complexity index is 1240. The van der Waals surface area contributed by atoms with Crippen molar-refractivity contribution in [2.24, 2.45) is 0 Å². The molecule has 0 saturated carbocycles. The number of fused-ring (bicyclic) bond motifs is 1. The van der Waals surface area contributed by atoms with Crippen molar-refractivity contribution in [2.45, 2.75) is 26.4 Å². The second-order valence-electron chi connectivity index (χ2n) is 7.45. The molecule has 0 fully saturated rings. The summed E-state index contributed by atoms with van der Waals surface area (Å²) in [6.07, 6.45) is 1.85. The second kappa shape index (κ2) is 8.99. The van der Waals surface area contributed by atoms with Crippen molar-refractivity contribution in [3.63, 3.8) is 0 Å². The highest BCUT2D eigenvalue weighted by Crippen LogP contribution is 2.35. The van der Waals surface area contributed by atoms with E-state index in [4.69, 9.17) is 0 Å². The summed E-state index contributed by atoms with van der Waals surface area (Å²) in [4.78, 5) is 0. The Labute approximate surface area is 182 Å². The molecule has 32 heavy (non-hydrogen) atoms. The van der Waals surface area contributed by atoms with E-state index in [1.807, 2.05) is 12.1 Å². The van der Waals surface area contributed by atoms with Gasteiger partial charge >= 0.3 is 6.61 Å². The van der Waals surface area contributed by atoms with Gasteiger partial charge in [-0.3, -0.25) is 0 Å². The smallest absolute Gasteiger partial charge is 0.387 e. The van der Waals surface area contributed by atoms with Gasteiger partial charge in [-0.1, -0.05) is 55.8 Å². The molecule has 0 amide bonds. The lowest BCUT2D eigenvalue weighted by molar-refractivity contribution is -0.0498. The maximum Gasteiger partial charge on any atom is 0.387 e. The number of benzene rings is 4. The molecule has 0 aliphatic carbocycles. The zero-order valence-electron chi connectivity index (χ0n) is 17.1. The quantitative estimate of drug-likeness (QED) is 0.274. The molecule has 1 nitrogen and oxygen atoms in total. The zero-order valence-corrected chi connectivity index (χ0v) is 17.1. The summed E-state index contributed by atoms with van der Waals surface area (Å²) in [5, 5.41) is 1.10. The SMILES string of the molecule is CCCc1ccc2c(F)c(-c3cc(F)c(-c4ccc(OC(F)F)cc4)c(F)c3)ccc2c1. The van der Waals surface area contributed by atoms with Gasteiger partial charge in [0, 0.05) is 10.9 Å². The summed E-state index contributed by atoms with van der Waals surface area (Å²) in [5.74, 6) is -2.45. The number of aryl methyl sites for hydroxylation is 1. The largest absolute Gasteiger partial charge is 0.435 e. The van der Waals surface area contributed by atoms with E-state index in [0.717, 1.165) is 35.9 Å². The van der Waals surface area contributed by atoms with Crippen molar-refractivity contribution < 1.29 is 26.7 Å². The summed E-state index contributed by atoms with van der Waals surface area (Å²) in [6.45, 7) is -0.935. The molecule has 164 valence electrons. The highest BCUT2D eigenvalue weighted by Gasteiger charge is 2.17. The Morgan fingerprint density at radius 3 is 2.09 bits per heavy atom. The molecule has 4 rings (SSSR count). The number of hydrogen-bond acceptors (Lipinski definition) is 1. The second-order valence-corrected chi connectivity index (χ2v) is 7.45. The van der Waals surface area contributed by atoms with Crippen LogP contribution in [0, 0.1) is 17.5 Å².